The summed E-state index contributed by atoms with van der Waals surface area (Å²) in [6.07, 6.45) is 0. The van der Waals surface area contributed by atoms with Gasteiger partial charge in [-0.05, 0) is 34.1 Å². The van der Waals surface area contributed by atoms with Crippen LogP contribution in [-0.4, -0.2) is 26.8 Å². The number of nitrogens with two attached hydrogens (primary N) is 1. The molecule has 6 heteroatoms. The summed E-state index contributed by atoms with van der Waals surface area (Å²) in [6.45, 7) is 0. The van der Waals surface area contributed by atoms with Gasteiger partial charge in [0.1, 0.15) is 0 Å². The van der Waals surface area contributed by atoms with Gasteiger partial charge in [0.2, 0.25) is 10.0 Å². The van der Waals surface area contributed by atoms with E-state index in [1.54, 1.807) is 12.1 Å². The molecular formula is C8H11BrN2O2S. The highest BCUT2D eigenvalue weighted by atomic mass is 79.9. The number of halogens is 1. The molecule has 0 unspecified atom stereocenters. The third-order valence-corrected chi connectivity index (χ3v) is 4.52. The molecule has 0 aliphatic heterocycles. The number of rotatable bonds is 2. The van der Waals surface area contributed by atoms with Crippen molar-refractivity contribution in [3.8, 4) is 0 Å². The highest BCUT2D eigenvalue weighted by Gasteiger charge is 2.20. The molecular weight excluding hydrogens is 268 g/mol. The van der Waals surface area contributed by atoms with Gasteiger partial charge in [0.25, 0.3) is 0 Å². The highest BCUT2D eigenvalue weighted by Crippen LogP contribution is 2.25. The Balaban J connectivity index is 3.40. The summed E-state index contributed by atoms with van der Waals surface area (Å²) in [5, 5.41) is 0. The third-order valence-electron chi connectivity index (χ3n) is 1.71. The zero-order valence-electron chi connectivity index (χ0n) is 7.86. The number of hydrogen-bond donors (Lipinski definition) is 1. The van der Waals surface area contributed by atoms with E-state index in [1.807, 2.05) is 0 Å². The van der Waals surface area contributed by atoms with Gasteiger partial charge < -0.3 is 5.73 Å². The van der Waals surface area contributed by atoms with Crippen LogP contribution in [0, 0.1) is 0 Å². The molecule has 0 aliphatic carbocycles. The monoisotopic (exact) mass is 278 g/mol. The van der Waals surface area contributed by atoms with Crippen molar-refractivity contribution in [1.29, 1.82) is 0 Å². The Morgan fingerprint density at radius 3 is 2.43 bits per heavy atom. The van der Waals surface area contributed by atoms with Crippen LogP contribution in [0.25, 0.3) is 0 Å². The summed E-state index contributed by atoms with van der Waals surface area (Å²) in [6, 6.07) is 4.68. The summed E-state index contributed by atoms with van der Waals surface area (Å²) >= 11 is 3.17. The molecule has 0 saturated carbocycles. The minimum absolute atomic E-state index is 0.183. The molecule has 0 atom stereocenters. The number of hydrogen-bond acceptors (Lipinski definition) is 3. The average molecular weight is 279 g/mol. The predicted molar refractivity (Wildman–Crippen MR) is 59.4 cm³/mol. The van der Waals surface area contributed by atoms with Gasteiger partial charge in [-0.25, -0.2) is 12.7 Å². The molecule has 0 amide bonds. The maximum atomic E-state index is 11.7. The van der Waals surface area contributed by atoms with E-state index in [9.17, 15) is 8.42 Å². The Morgan fingerprint density at radius 2 is 1.93 bits per heavy atom. The van der Waals surface area contributed by atoms with Crippen molar-refractivity contribution in [2.45, 2.75) is 4.90 Å². The van der Waals surface area contributed by atoms with Gasteiger partial charge in [0.05, 0.1) is 4.90 Å². The molecule has 0 fully saturated rings. The summed E-state index contributed by atoms with van der Waals surface area (Å²) in [5.74, 6) is 0. The van der Waals surface area contributed by atoms with Crippen molar-refractivity contribution >= 4 is 31.6 Å². The van der Waals surface area contributed by atoms with Crippen LogP contribution in [0.15, 0.2) is 27.6 Å². The molecule has 1 aromatic rings. The van der Waals surface area contributed by atoms with Gasteiger partial charge in [0, 0.05) is 24.3 Å². The Labute approximate surface area is 91.9 Å². The van der Waals surface area contributed by atoms with Crippen LogP contribution in [0.4, 0.5) is 5.69 Å². The standard InChI is InChI=1S/C8H11BrN2O2S/c1-11(2)14(12,13)8-5-6(10)3-4-7(8)9/h3-5H,10H2,1-2H3. The van der Waals surface area contributed by atoms with Gasteiger partial charge in [-0.3, -0.25) is 0 Å². The first-order valence-electron chi connectivity index (χ1n) is 3.83. The topological polar surface area (TPSA) is 63.4 Å². The van der Waals surface area contributed by atoms with Gasteiger partial charge in [0.15, 0.2) is 0 Å². The molecule has 2 N–H and O–H groups in total. The molecule has 4 nitrogen and oxygen atoms in total. The minimum Gasteiger partial charge on any atom is -0.399 e. The molecule has 0 aliphatic rings. The Bertz CT molecular complexity index is 443. The molecule has 0 aromatic heterocycles. The lowest BCUT2D eigenvalue weighted by molar-refractivity contribution is 0.520. The number of nitrogens with zero attached hydrogens (tertiary/aromatic N) is 1. The fourth-order valence-electron chi connectivity index (χ4n) is 0.914. The average Bonchev–Trinajstić information content (AvgIpc) is 2.08. The number of sulfonamides is 1. The lowest BCUT2D eigenvalue weighted by Gasteiger charge is -2.12. The second kappa shape index (κ2) is 3.88. The smallest absolute Gasteiger partial charge is 0.243 e. The molecule has 14 heavy (non-hydrogen) atoms. The summed E-state index contributed by atoms with van der Waals surface area (Å²) in [5.41, 5.74) is 5.95. The van der Waals surface area contributed by atoms with Gasteiger partial charge >= 0.3 is 0 Å². The summed E-state index contributed by atoms with van der Waals surface area (Å²) in [4.78, 5) is 0.183. The predicted octanol–water partition coefficient (Wildman–Crippen LogP) is 1.28. The van der Waals surface area contributed by atoms with E-state index in [0.717, 1.165) is 4.31 Å². The van der Waals surface area contributed by atoms with E-state index in [1.165, 1.54) is 20.2 Å². The van der Waals surface area contributed by atoms with Crippen LogP contribution in [-0.2, 0) is 10.0 Å². The molecule has 0 spiro atoms. The van der Waals surface area contributed by atoms with Gasteiger partial charge in [-0.15, -0.1) is 0 Å². The summed E-state index contributed by atoms with van der Waals surface area (Å²) < 4.78 is 25.2. The molecule has 0 saturated heterocycles. The van der Waals surface area contributed by atoms with Crippen LogP contribution >= 0.6 is 15.9 Å². The molecule has 0 radical (unpaired) electrons. The first-order chi connectivity index (χ1) is 6.35. The fourth-order valence-corrected chi connectivity index (χ4v) is 2.77. The van der Waals surface area contributed by atoms with Crippen LogP contribution in [0.2, 0.25) is 0 Å². The van der Waals surface area contributed by atoms with Crippen molar-refractivity contribution < 1.29 is 8.42 Å². The van der Waals surface area contributed by atoms with Crippen molar-refractivity contribution in [2.24, 2.45) is 0 Å². The third kappa shape index (κ3) is 2.08. The van der Waals surface area contributed by atoms with Crippen LogP contribution < -0.4 is 5.73 Å². The highest BCUT2D eigenvalue weighted by molar-refractivity contribution is 9.10. The van der Waals surface area contributed by atoms with E-state index >= 15 is 0 Å². The second-order valence-electron chi connectivity index (χ2n) is 2.98. The molecule has 1 rings (SSSR count). The van der Waals surface area contributed by atoms with Crippen molar-refractivity contribution in [3.63, 3.8) is 0 Å². The fraction of sp³-hybridized carbons (Fsp3) is 0.250. The van der Waals surface area contributed by atoms with E-state index < -0.39 is 10.0 Å². The Kier molecular flexibility index (Phi) is 3.18. The normalized spacial score (nSPS) is 12.0. The van der Waals surface area contributed by atoms with Crippen molar-refractivity contribution in [3.05, 3.63) is 22.7 Å². The van der Waals surface area contributed by atoms with E-state index in [0.29, 0.717) is 10.2 Å². The first kappa shape index (κ1) is 11.5. The SMILES string of the molecule is CN(C)S(=O)(=O)c1cc(N)ccc1Br. The quantitative estimate of drug-likeness (QED) is 0.829. The van der Waals surface area contributed by atoms with E-state index in [2.05, 4.69) is 15.9 Å². The van der Waals surface area contributed by atoms with E-state index in [4.69, 9.17) is 5.73 Å². The molecule has 0 heterocycles. The molecule has 78 valence electrons. The zero-order valence-corrected chi connectivity index (χ0v) is 10.3. The maximum absolute atomic E-state index is 11.7. The zero-order chi connectivity index (χ0) is 10.9. The number of nitrogen functional groups attached to an aromatic ring is 1. The maximum Gasteiger partial charge on any atom is 0.243 e. The Hall–Kier alpha value is -0.590. The Morgan fingerprint density at radius 1 is 1.36 bits per heavy atom. The first-order valence-corrected chi connectivity index (χ1v) is 6.06. The van der Waals surface area contributed by atoms with Crippen LogP contribution in [0.5, 0.6) is 0 Å². The lowest BCUT2D eigenvalue weighted by Crippen LogP contribution is -2.22. The number of benzene rings is 1. The van der Waals surface area contributed by atoms with Gasteiger partial charge in [-0.1, -0.05) is 0 Å². The van der Waals surface area contributed by atoms with Crippen molar-refractivity contribution in [1.82, 2.24) is 4.31 Å². The van der Waals surface area contributed by atoms with Crippen LogP contribution in [0.3, 0.4) is 0 Å². The second-order valence-corrected chi connectivity index (χ2v) is 5.95. The minimum atomic E-state index is -3.42. The van der Waals surface area contributed by atoms with Crippen LogP contribution in [0.1, 0.15) is 0 Å². The van der Waals surface area contributed by atoms with Gasteiger partial charge in [-0.2, -0.15) is 0 Å². The van der Waals surface area contributed by atoms with E-state index in [-0.39, 0.29) is 4.90 Å². The molecule has 0 bridgehead atoms. The molecule has 1 aromatic carbocycles. The largest absolute Gasteiger partial charge is 0.399 e. The lowest BCUT2D eigenvalue weighted by atomic mass is 10.3. The van der Waals surface area contributed by atoms with Crippen molar-refractivity contribution in [2.75, 3.05) is 19.8 Å². The number of anilines is 1. The summed E-state index contributed by atoms with van der Waals surface area (Å²) in [7, 11) is -0.469.